The van der Waals surface area contributed by atoms with Crippen molar-refractivity contribution in [2.45, 2.75) is 208 Å². The van der Waals surface area contributed by atoms with Crippen LogP contribution in [0.15, 0.2) is 5.11 Å². The normalized spacial score (nSPS) is 26.4. The van der Waals surface area contributed by atoms with Gasteiger partial charge in [0.05, 0.1) is 35.6 Å². The molecule has 0 aromatic heterocycles. The highest BCUT2D eigenvalue weighted by Gasteiger charge is 2.54. The highest BCUT2D eigenvalue weighted by molar-refractivity contribution is 8.01. The number of azide groups is 1. The van der Waals surface area contributed by atoms with Crippen molar-refractivity contribution in [2.24, 2.45) is 10.5 Å². The lowest BCUT2D eigenvalue weighted by molar-refractivity contribution is -0.186. The van der Waals surface area contributed by atoms with Gasteiger partial charge >= 0.3 is 71.6 Å². The Bertz CT molecular complexity index is 2240. The van der Waals surface area contributed by atoms with E-state index in [2.05, 4.69) is 10.0 Å². The largest absolute Gasteiger partial charge is 0.465 e. The van der Waals surface area contributed by atoms with Gasteiger partial charge in [-0.2, -0.15) is 0 Å². The molecule has 0 bridgehead atoms. The summed E-state index contributed by atoms with van der Waals surface area (Å²) in [6.45, 7) is 12.5. The molecule has 0 N–H and O–H groups in total. The first-order chi connectivity index (χ1) is 41.9. The maximum atomic E-state index is 12.5. The summed E-state index contributed by atoms with van der Waals surface area (Å²) in [6.07, 6.45) is -9.33. The first-order valence-corrected chi connectivity index (χ1v) is 31.4. The molecule has 15 atom stereocenters. The molecule has 3 heterocycles. The molecule has 3 aliphatic rings. The zero-order valence-electron chi connectivity index (χ0n) is 52.1. The summed E-state index contributed by atoms with van der Waals surface area (Å²) < 4.78 is 85.8. The van der Waals surface area contributed by atoms with Crippen LogP contribution in [0, 0.1) is 5.41 Å². The van der Waals surface area contributed by atoms with Crippen molar-refractivity contribution < 1.29 is 129 Å². The smallest absolute Gasteiger partial charge is 0.303 e. The lowest BCUT2D eigenvalue weighted by atomic mass is 9.91. The van der Waals surface area contributed by atoms with E-state index in [-0.39, 0.29) is 105 Å². The van der Waals surface area contributed by atoms with Gasteiger partial charge in [-0.3, -0.25) is 57.5 Å². The predicted molar refractivity (Wildman–Crippen MR) is 312 cm³/mol. The second kappa shape index (κ2) is 39.2. The van der Waals surface area contributed by atoms with Crippen molar-refractivity contribution in [3.05, 3.63) is 10.4 Å². The van der Waals surface area contributed by atoms with Crippen molar-refractivity contribution in [3.8, 4) is 0 Å². The van der Waals surface area contributed by atoms with Crippen LogP contribution in [0.5, 0.6) is 0 Å². The molecule has 0 aromatic carbocycles. The molecule has 3 rings (SSSR count). The fraction of sp³-hybridized carbons (Fsp3) is 0.786. The zero-order valence-corrected chi connectivity index (χ0v) is 54.5. The SMILES string of the molecule is CC(=O)OC[C@@H]1S[C@H](CCCOCC(CN=[N+]=[N-])(COCCC[C@H]2S[C@@H](COC(C)=O)[C@@H](OC(C)=O)[C@H](OC(C)=O)[C@@H]2OC(C)=O)COCCC[C@H]2S[C@@H](COC(C)=O)[C@@H](OC(C)=O)[C@H](OC(C)=O)[C@@H]2OC(C)=O)[C@@H](OC(C)=O)[C@@H](OC(C)=O)[C@@H]1OC(C)=O. The van der Waals surface area contributed by atoms with Crippen molar-refractivity contribution in [2.75, 3.05) is 66.0 Å². The second-order valence-electron chi connectivity index (χ2n) is 21.2. The van der Waals surface area contributed by atoms with Crippen LogP contribution >= 0.6 is 35.3 Å². The van der Waals surface area contributed by atoms with E-state index in [0.717, 1.165) is 62.3 Å². The van der Waals surface area contributed by atoms with E-state index in [4.69, 9.17) is 71.1 Å². The van der Waals surface area contributed by atoms with Gasteiger partial charge in [-0.05, 0) is 44.1 Å². The van der Waals surface area contributed by atoms with Gasteiger partial charge in [-0.1, -0.05) is 5.11 Å². The molecule has 3 saturated heterocycles. The predicted octanol–water partition coefficient (Wildman–Crippen LogP) is 4.20. The van der Waals surface area contributed by atoms with Crippen LogP contribution in [0.4, 0.5) is 0 Å². The molecule has 502 valence electrons. The number of nitrogens with zero attached hydrogens (tertiary/aromatic N) is 3. The molecule has 0 aromatic rings. The first kappa shape index (κ1) is 77.1. The van der Waals surface area contributed by atoms with Crippen molar-refractivity contribution in [3.63, 3.8) is 0 Å². The van der Waals surface area contributed by atoms with E-state index in [1.54, 1.807) is 0 Å². The van der Waals surface area contributed by atoms with E-state index in [9.17, 15) is 63.1 Å². The zero-order chi connectivity index (χ0) is 66.5. The molecular formula is C56H83N3O27S3. The van der Waals surface area contributed by atoms with Gasteiger partial charge in [0, 0.05) is 136 Å². The van der Waals surface area contributed by atoms with Gasteiger partial charge in [0.25, 0.3) is 0 Å². The van der Waals surface area contributed by atoms with Gasteiger partial charge in [-0.15, -0.1) is 35.3 Å². The van der Waals surface area contributed by atoms with Gasteiger partial charge in [-0.25, -0.2) is 0 Å². The number of carbonyl (C=O) groups excluding carboxylic acids is 12. The number of carbonyl (C=O) groups is 12. The van der Waals surface area contributed by atoms with Crippen molar-refractivity contribution in [1.82, 2.24) is 0 Å². The van der Waals surface area contributed by atoms with Gasteiger partial charge in [0.1, 0.15) is 19.8 Å². The molecule has 3 aliphatic heterocycles. The maximum absolute atomic E-state index is 12.5. The Morgan fingerprint density at radius 1 is 0.337 bits per heavy atom. The molecule has 30 nitrogen and oxygen atoms in total. The lowest BCUT2D eigenvalue weighted by Crippen LogP contribution is -2.58. The molecule has 0 aliphatic carbocycles. The van der Waals surface area contributed by atoms with Crippen molar-refractivity contribution in [1.29, 1.82) is 0 Å². The Hall–Kier alpha value is -6.12. The maximum Gasteiger partial charge on any atom is 0.303 e. The summed E-state index contributed by atoms with van der Waals surface area (Å²) in [7, 11) is 0. The van der Waals surface area contributed by atoms with Crippen LogP contribution in [0.3, 0.4) is 0 Å². The summed E-state index contributed by atoms with van der Waals surface area (Å²) in [5.74, 6) is -8.50. The summed E-state index contributed by atoms with van der Waals surface area (Å²) >= 11 is 3.61. The number of hydrogen-bond acceptors (Lipinski definition) is 31. The third-order valence-corrected chi connectivity index (χ3v) is 18.1. The highest BCUT2D eigenvalue weighted by atomic mass is 32.2. The van der Waals surface area contributed by atoms with E-state index < -0.39 is 163 Å². The van der Waals surface area contributed by atoms with E-state index >= 15 is 0 Å². The fourth-order valence-electron chi connectivity index (χ4n) is 10.1. The summed E-state index contributed by atoms with van der Waals surface area (Å²) in [4.78, 5) is 151. The standard InChI is InChI=1S/C56H83N3O27S3/c1-29(60)75-22-44-50(81-35(7)66)53(84-38(10)69)47(78-32(4)63)41(87-44)16-13-19-72-26-56(25-58-59-57,27-73-20-14-17-42-48(79-33(5)64)54(85-39(11)70)51(82-36(8)67)45(88-42)23-76-30(2)61)28-74-21-15-18-43-49(80-34(6)65)55(86-40(12)71)52(83-37(9)68)46(89-43)24-77-31(3)62/h41-55H,13-28H2,1-12H3/t41-,42-,43-,44+,45+,46+,47-,48-,49-,50-,51-,52-,53-,54-,55-/m1/s1. The average Bonchev–Trinajstić information content (AvgIpc) is 1.95. The molecule has 0 unspecified atom stereocenters. The van der Waals surface area contributed by atoms with Gasteiger partial charge < -0.3 is 71.1 Å². The lowest BCUT2D eigenvalue weighted by Gasteiger charge is -2.44. The Kier molecular flexibility index (Phi) is 34.0. The number of esters is 12. The summed E-state index contributed by atoms with van der Waals surface area (Å²) in [5.41, 5.74) is 8.49. The van der Waals surface area contributed by atoms with Crippen LogP contribution in [-0.4, -0.2) is 224 Å². The van der Waals surface area contributed by atoms with Crippen molar-refractivity contribution >= 4 is 107 Å². The Labute approximate surface area is 528 Å². The second-order valence-corrected chi connectivity index (χ2v) is 25.6. The summed E-state index contributed by atoms with van der Waals surface area (Å²) in [5, 5.41) is -0.292. The number of hydrogen-bond donors (Lipinski definition) is 0. The highest BCUT2D eigenvalue weighted by Crippen LogP contribution is 2.43. The number of rotatable bonds is 35. The van der Waals surface area contributed by atoms with Crippen LogP contribution in [0.2, 0.25) is 0 Å². The van der Waals surface area contributed by atoms with Gasteiger partial charge in [0.2, 0.25) is 0 Å². The quantitative estimate of drug-likeness (QED) is 0.0214. The minimum Gasteiger partial charge on any atom is -0.465 e. The van der Waals surface area contributed by atoms with Crippen LogP contribution in [-0.2, 0) is 129 Å². The summed E-state index contributed by atoms with van der Waals surface area (Å²) in [6, 6.07) is 0. The van der Waals surface area contributed by atoms with Crippen LogP contribution < -0.4 is 0 Å². The molecular weight excluding hydrogens is 1240 g/mol. The number of ether oxygens (including phenoxy) is 15. The number of thioether (sulfide) groups is 3. The third-order valence-electron chi connectivity index (χ3n) is 13.3. The van der Waals surface area contributed by atoms with Gasteiger partial charge in [0.15, 0.2) is 54.9 Å². The minimum atomic E-state index is -1.29. The molecule has 0 radical (unpaired) electrons. The Morgan fingerprint density at radius 3 is 0.753 bits per heavy atom. The Balaban J connectivity index is 1.97. The fourth-order valence-corrected chi connectivity index (χ4v) is 15.0. The van der Waals surface area contributed by atoms with Crippen LogP contribution in [0.1, 0.15) is 122 Å². The Morgan fingerprint density at radius 2 is 0.551 bits per heavy atom. The molecule has 33 heteroatoms. The topological polar surface area (TPSA) is 392 Å². The van der Waals surface area contributed by atoms with E-state index in [1.165, 1.54) is 56.1 Å². The third kappa shape index (κ3) is 27.9. The molecule has 0 amide bonds. The minimum absolute atomic E-state index is 0.0215. The molecule has 0 saturated carbocycles. The van der Waals surface area contributed by atoms with E-state index in [1.807, 2.05) is 0 Å². The van der Waals surface area contributed by atoms with Crippen LogP contribution in [0.25, 0.3) is 10.4 Å². The molecule has 89 heavy (non-hydrogen) atoms. The molecule has 0 spiro atoms. The van der Waals surface area contributed by atoms with E-state index in [0.29, 0.717) is 0 Å². The average molecular weight is 1330 g/mol. The molecule has 3 fully saturated rings. The first-order valence-electron chi connectivity index (χ1n) is 28.6. The monoisotopic (exact) mass is 1330 g/mol.